The van der Waals surface area contributed by atoms with Crippen molar-refractivity contribution < 1.29 is 29.3 Å². The summed E-state index contributed by atoms with van der Waals surface area (Å²) in [6.45, 7) is 8.97. The fourth-order valence-electron chi connectivity index (χ4n) is 6.31. The number of primary amides is 2. The molecule has 0 spiro atoms. The number of benzene rings is 2. The summed E-state index contributed by atoms with van der Waals surface area (Å²) in [6, 6.07) is 11.4. The van der Waals surface area contributed by atoms with E-state index in [2.05, 4.69) is 25.8 Å². The van der Waals surface area contributed by atoms with E-state index in [1.165, 1.54) is 12.1 Å². The Kier molecular flexibility index (Phi) is 11.3. The van der Waals surface area contributed by atoms with E-state index in [0.29, 0.717) is 70.4 Å². The number of hydrogen-bond donors (Lipinski definition) is 6. The predicted octanol–water partition coefficient (Wildman–Crippen LogP) is 3.01. The molecule has 0 saturated heterocycles. The second-order valence-electron chi connectivity index (χ2n) is 12.8. The van der Waals surface area contributed by atoms with Crippen LogP contribution in [-0.4, -0.2) is 79.8 Å². The van der Waals surface area contributed by atoms with Gasteiger partial charge in [0.25, 0.3) is 5.91 Å². The Hall–Kier alpha value is -6.53. The number of hydrogen-bond acceptors (Lipinski definition) is 11. The maximum atomic E-state index is 13.6. The number of nitrogens with two attached hydrogens (primary N) is 2. The lowest BCUT2D eigenvalue weighted by Crippen LogP contribution is -2.20. The molecule has 4 heterocycles. The number of nitrogens with zero attached hydrogens (tertiary/aromatic N) is 8. The first-order valence-corrected chi connectivity index (χ1v) is 17.8. The molecule has 288 valence electrons. The Morgan fingerprint density at radius 3 is 2.20 bits per heavy atom. The van der Waals surface area contributed by atoms with Crippen molar-refractivity contribution in [3.63, 3.8) is 0 Å². The van der Waals surface area contributed by atoms with Crippen molar-refractivity contribution in [3.8, 4) is 5.75 Å². The number of nitrogens with one attached hydrogen (secondary N) is 2. The number of rotatable bonds is 17. The third kappa shape index (κ3) is 8.04. The minimum Gasteiger partial charge on any atom is -0.491 e. The van der Waals surface area contributed by atoms with Crippen LogP contribution in [0.5, 0.6) is 5.75 Å². The topological polar surface area (TPSA) is 248 Å². The van der Waals surface area contributed by atoms with Gasteiger partial charge < -0.3 is 40.9 Å². The molecule has 55 heavy (non-hydrogen) atoms. The Balaban J connectivity index is 1.37. The lowest BCUT2D eigenvalue weighted by Gasteiger charge is -2.16. The number of allylic oxidation sites excluding steroid dienone is 2. The fourth-order valence-corrected chi connectivity index (χ4v) is 6.31. The highest BCUT2D eigenvalue weighted by atomic mass is 16.5. The van der Waals surface area contributed by atoms with Crippen LogP contribution in [-0.2, 0) is 26.2 Å². The molecular formula is C37H44N12O6. The second-order valence-corrected chi connectivity index (χ2v) is 12.8. The number of aliphatic hydroxyl groups excluding tert-OH is 2. The number of amides is 3. The minimum atomic E-state index is -1.15. The quantitative estimate of drug-likeness (QED) is 0.0449. The third-order valence-electron chi connectivity index (χ3n) is 8.87. The van der Waals surface area contributed by atoms with Gasteiger partial charge in [-0.1, -0.05) is 12.2 Å². The predicted molar refractivity (Wildman–Crippen MR) is 205 cm³/mol. The van der Waals surface area contributed by atoms with E-state index in [1.807, 2.05) is 37.5 Å². The van der Waals surface area contributed by atoms with Crippen LogP contribution in [0.2, 0.25) is 0 Å². The van der Waals surface area contributed by atoms with Crippen molar-refractivity contribution in [1.82, 2.24) is 38.7 Å². The van der Waals surface area contributed by atoms with Crippen LogP contribution in [0.15, 0.2) is 54.6 Å². The average Bonchev–Trinajstić information content (AvgIpc) is 3.92. The van der Waals surface area contributed by atoms with Crippen molar-refractivity contribution in [2.45, 2.75) is 66.5 Å². The van der Waals surface area contributed by atoms with Crippen LogP contribution in [0.4, 0.5) is 11.9 Å². The third-order valence-corrected chi connectivity index (χ3v) is 8.87. The Bertz CT molecular complexity index is 2420. The van der Waals surface area contributed by atoms with Crippen molar-refractivity contribution in [2.24, 2.45) is 11.5 Å². The minimum absolute atomic E-state index is 0.102. The van der Waals surface area contributed by atoms with Crippen LogP contribution in [0.3, 0.4) is 0 Å². The van der Waals surface area contributed by atoms with Gasteiger partial charge in [-0.2, -0.15) is 10.2 Å². The van der Waals surface area contributed by atoms with Gasteiger partial charge in [-0.25, -0.2) is 9.97 Å². The molecule has 6 aromatic rings. The molecule has 18 heteroatoms. The molecule has 0 aliphatic carbocycles. The van der Waals surface area contributed by atoms with Gasteiger partial charge in [0.1, 0.15) is 17.0 Å². The molecule has 18 nitrogen and oxygen atoms in total. The lowest BCUT2D eigenvalue weighted by atomic mass is 10.1. The van der Waals surface area contributed by atoms with Gasteiger partial charge >= 0.3 is 0 Å². The molecule has 6 rings (SSSR count). The summed E-state index contributed by atoms with van der Waals surface area (Å²) in [5, 5.41) is 35.5. The number of carbonyl (C=O) groups is 3. The first-order chi connectivity index (χ1) is 26.4. The molecule has 8 N–H and O–H groups in total. The Morgan fingerprint density at radius 2 is 1.51 bits per heavy atom. The van der Waals surface area contributed by atoms with Gasteiger partial charge in [-0.05, 0) is 70.2 Å². The van der Waals surface area contributed by atoms with Crippen LogP contribution < -0.4 is 26.8 Å². The van der Waals surface area contributed by atoms with Gasteiger partial charge in [0.05, 0.1) is 40.2 Å². The van der Waals surface area contributed by atoms with Gasteiger partial charge in [0.2, 0.25) is 23.7 Å². The standard InChI is InChI=1S/C37H44N12O6/c1-5-48-28(16-21(3)44-48)34(53)42-36-40-25-18-23(32(38)51)10-11-27(25)46(36)12-7-8-13-47-31-26(19-24(33(39)52)20-30(31)55-15-9-14-50)41-37(47)43-35(54)29-17-22(4)45-49(29)6-2/h7-8,10-11,16-20,34,50,53H,5-6,9,12-15H2,1-4H3,(H2,38,51)(H2,39,52)(H,40,42)(H,41,43,54)/b8-7+. The Morgan fingerprint density at radius 1 is 0.855 bits per heavy atom. The summed E-state index contributed by atoms with van der Waals surface area (Å²) < 4.78 is 12.9. The van der Waals surface area contributed by atoms with Crippen LogP contribution in [0.25, 0.3) is 22.1 Å². The molecule has 0 bridgehead atoms. The summed E-state index contributed by atoms with van der Waals surface area (Å²) in [5.74, 6) is -0.910. The summed E-state index contributed by atoms with van der Waals surface area (Å²) in [5.41, 5.74) is 16.0. The van der Waals surface area contributed by atoms with E-state index in [1.54, 1.807) is 51.2 Å². The zero-order valence-electron chi connectivity index (χ0n) is 31.0. The van der Waals surface area contributed by atoms with Gasteiger partial charge in [-0.15, -0.1) is 0 Å². The van der Waals surface area contributed by atoms with Crippen molar-refractivity contribution in [2.75, 3.05) is 23.8 Å². The van der Waals surface area contributed by atoms with E-state index in [-0.39, 0.29) is 43.4 Å². The van der Waals surface area contributed by atoms with Crippen LogP contribution in [0.1, 0.15) is 74.8 Å². The molecule has 0 fully saturated rings. The molecule has 0 saturated carbocycles. The number of aliphatic hydroxyl groups is 2. The number of anilines is 2. The summed E-state index contributed by atoms with van der Waals surface area (Å²) in [4.78, 5) is 47.2. The first-order valence-electron chi connectivity index (χ1n) is 17.8. The molecule has 0 radical (unpaired) electrons. The molecule has 4 aromatic heterocycles. The number of aryl methyl sites for hydroxylation is 4. The summed E-state index contributed by atoms with van der Waals surface area (Å²) in [6.07, 6.45) is 2.92. The van der Waals surface area contributed by atoms with E-state index >= 15 is 0 Å². The van der Waals surface area contributed by atoms with Gasteiger partial charge in [0, 0.05) is 50.3 Å². The SMILES string of the molecule is CCn1nc(C)cc1C(=O)Nc1nc2cc(C(N)=O)cc(OCCCO)c2n1C/C=C/Cn1c(NC(O)c2cc(C)nn2CC)nc2cc(C(N)=O)ccc21. The second kappa shape index (κ2) is 16.2. The fraction of sp³-hybridized carbons (Fsp3) is 0.324. The zero-order chi connectivity index (χ0) is 39.4. The van der Waals surface area contributed by atoms with E-state index in [0.717, 1.165) is 5.69 Å². The number of carbonyl (C=O) groups excluding carboxylic acids is 3. The summed E-state index contributed by atoms with van der Waals surface area (Å²) >= 11 is 0. The molecule has 0 aliphatic heterocycles. The largest absolute Gasteiger partial charge is 0.491 e. The van der Waals surface area contributed by atoms with Gasteiger partial charge in [-0.3, -0.25) is 29.1 Å². The number of imidazole rings is 2. The summed E-state index contributed by atoms with van der Waals surface area (Å²) in [7, 11) is 0. The highest BCUT2D eigenvalue weighted by Gasteiger charge is 2.22. The first kappa shape index (κ1) is 38.2. The smallest absolute Gasteiger partial charge is 0.276 e. The maximum absolute atomic E-state index is 13.6. The normalized spacial score (nSPS) is 12.2. The molecule has 1 unspecified atom stereocenters. The van der Waals surface area contributed by atoms with Gasteiger partial charge in [0.15, 0.2) is 6.23 Å². The monoisotopic (exact) mass is 752 g/mol. The molecule has 3 amide bonds. The maximum Gasteiger partial charge on any atom is 0.276 e. The van der Waals surface area contributed by atoms with Crippen molar-refractivity contribution in [1.29, 1.82) is 0 Å². The number of ether oxygens (including phenoxy) is 1. The molecule has 2 aromatic carbocycles. The molecular weight excluding hydrogens is 708 g/mol. The van der Waals surface area contributed by atoms with Crippen LogP contribution >= 0.6 is 0 Å². The van der Waals surface area contributed by atoms with Crippen molar-refractivity contribution >= 4 is 51.7 Å². The van der Waals surface area contributed by atoms with E-state index in [9.17, 15) is 24.6 Å². The van der Waals surface area contributed by atoms with Crippen molar-refractivity contribution in [3.05, 3.63) is 88.5 Å². The zero-order valence-corrected chi connectivity index (χ0v) is 31.0. The number of fused-ring (bicyclic) bond motifs is 2. The highest BCUT2D eigenvalue weighted by molar-refractivity contribution is 6.04. The van der Waals surface area contributed by atoms with Crippen LogP contribution in [0, 0.1) is 13.8 Å². The average molecular weight is 753 g/mol. The number of aromatic nitrogens is 8. The van der Waals surface area contributed by atoms with E-state index < -0.39 is 23.9 Å². The highest BCUT2D eigenvalue weighted by Crippen LogP contribution is 2.32. The van der Waals surface area contributed by atoms with E-state index in [4.69, 9.17) is 21.2 Å². The Labute approximate surface area is 315 Å². The lowest BCUT2D eigenvalue weighted by molar-refractivity contribution is 0.0992. The molecule has 0 aliphatic rings. The molecule has 1 atom stereocenters.